The summed E-state index contributed by atoms with van der Waals surface area (Å²) in [6.45, 7) is 4.24. The number of fused-ring (bicyclic) bond motifs is 1. The Balaban J connectivity index is 1.44. The minimum atomic E-state index is -4.59. The standard InChI is InChI=1S/C28H31F3N6O/c1-19-6-4-11-35(14-19)15-20-12-23(28(29,30)31)24-17-36(26(38)37(24)16-20)22-8-3-7-21(13-22)27(9-5-10-27)25-33-32-18-34(25)2/h3,7-8,12-13,16-19H,4-6,9-11,14-15H2,1-2H3/t19-/m0/s1. The molecule has 0 bridgehead atoms. The predicted molar refractivity (Wildman–Crippen MR) is 137 cm³/mol. The fourth-order valence-electron chi connectivity index (χ4n) is 6.27. The van der Waals surface area contributed by atoms with Crippen molar-refractivity contribution in [3.63, 3.8) is 0 Å². The molecule has 38 heavy (non-hydrogen) atoms. The van der Waals surface area contributed by atoms with E-state index in [1.54, 1.807) is 18.6 Å². The average Bonchev–Trinajstić information content (AvgIpc) is 3.41. The van der Waals surface area contributed by atoms with E-state index in [-0.39, 0.29) is 10.9 Å². The van der Waals surface area contributed by atoms with E-state index in [0.717, 1.165) is 61.0 Å². The number of alkyl halides is 3. The minimum absolute atomic E-state index is 0.143. The highest BCUT2D eigenvalue weighted by Gasteiger charge is 2.44. The Morgan fingerprint density at radius 1 is 1.13 bits per heavy atom. The van der Waals surface area contributed by atoms with Gasteiger partial charge in [0.05, 0.1) is 22.2 Å². The molecule has 6 rings (SSSR count). The molecule has 4 aromatic rings. The van der Waals surface area contributed by atoms with Crippen LogP contribution in [0.3, 0.4) is 0 Å². The quantitative estimate of drug-likeness (QED) is 0.371. The highest BCUT2D eigenvalue weighted by atomic mass is 19.4. The SMILES string of the molecule is C[C@H]1CCCN(Cc2cc(C(F)(F)F)c3cn(-c4cccc(C5(c6nncn6C)CCC5)c4)c(=O)n3c2)C1. The largest absolute Gasteiger partial charge is 0.418 e. The molecule has 7 nitrogen and oxygen atoms in total. The molecule has 10 heteroatoms. The average molecular weight is 525 g/mol. The van der Waals surface area contributed by atoms with E-state index in [9.17, 15) is 18.0 Å². The fraction of sp³-hybridized carbons (Fsp3) is 0.464. The number of benzene rings is 1. The molecule has 1 saturated carbocycles. The van der Waals surface area contributed by atoms with Crippen molar-refractivity contribution in [1.29, 1.82) is 0 Å². The predicted octanol–water partition coefficient (Wildman–Crippen LogP) is 4.94. The van der Waals surface area contributed by atoms with Gasteiger partial charge in [-0.2, -0.15) is 13.2 Å². The van der Waals surface area contributed by atoms with Gasteiger partial charge in [-0.25, -0.2) is 4.79 Å². The molecule has 1 aliphatic heterocycles. The number of piperidine rings is 1. The van der Waals surface area contributed by atoms with Crippen molar-refractivity contribution in [2.24, 2.45) is 13.0 Å². The molecular formula is C28H31F3N6O. The number of aryl methyl sites for hydroxylation is 1. The van der Waals surface area contributed by atoms with Crippen LogP contribution < -0.4 is 5.69 Å². The van der Waals surface area contributed by atoms with E-state index in [2.05, 4.69) is 22.0 Å². The van der Waals surface area contributed by atoms with E-state index in [0.29, 0.717) is 23.7 Å². The summed E-state index contributed by atoms with van der Waals surface area (Å²) >= 11 is 0. The first-order valence-corrected chi connectivity index (χ1v) is 13.2. The smallest absolute Gasteiger partial charge is 0.320 e. The minimum Gasteiger partial charge on any atom is -0.320 e. The summed E-state index contributed by atoms with van der Waals surface area (Å²) in [5.41, 5.74) is 0.234. The van der Waals surface area contributed by atoms with Crippen LogP contribution in [0.1, 0.15) is 61.5 Å². The van der Waals surface area contributed by atoms with Crippen LogP contribution >= 0.6 is 0 Å². The third-order valence-electron chi connectivity index (χ3n) is 8.30. The van der Waals surface area contributed by atoms with E-state index in [4.69, 9.17) is 0 Å². The number of halogens is 3. The molecule has 2 aliphatic rings. The second-order valence-electron chi connectivity index (χ2n) is 11.0. The van der Waals surface area contributed by atoms with Crippen LogP contribution in [0.4, 0.5) is 13.2 Å². The Labute approximate surface area is 218 Å². The molecule has 1 aliphatic carbocycles. The summed E-state index contributed by atoms with van der Waals surface area (Å²) in [5, 5.41) is 8.40. The number of rotatable bonds is 5. The van der Waals surface area contributed by atoms with Gasteiger partial charge >= 0.3 is 11.9 Å². The second-order valence-corrected chi connectivity index (χ2v) is 11.0. The monoisotopic (exact) mass is 524 g/mol. The van der Waals surface area contributed by atoms with Crippen molar-refractivity contribution in [2.45, 2.75) is 57.2 Å². The van der Waals surface area contributed by atoms with Gasteiger partial charge in [0.25, 0.3) is 0 Å². The van der Waals surface area contributed by atoms with E-state index >= 15 is 0 Å². The first-order valence-electron chi connectivity index (χ1n) is 13.2. The van der Waals surface area contributed by atoms with Crippen LogP contribution in [-0.4, -0.2) is 41.7 Å². The molecule has 2 fully saturated rings. The Morgan fingerprint density at radius 2 is 1.95 bits per heavy atom. The Bertz CT molecular complexity index is 1540. The van der Waals surface area contributed by atoms with Crippen LogP contribution in [0.2, 0.25) is 0 Å². The zero-order valence-electron chi connectivity index (χ0n) is 21.6. The summed E-state index contributed by atoms with van der Waals surface area (Å²) in [6.07, 6.45) is 4.95. The van der Waals surface area contributed by atoms with E-state index in [1.807, 2.05) is 29.8 Å². The van der Waals surface area contributed by atoms with Crippen LogP contribution in [0.5, 0.6) is 0 Å². The molecule has 0 amide bonds. The first-order chi connectivity index (χ1) is 18.2. The number of aromatic nitrogens is 5. The van der Waals surface area contributed by atoms with E-state index < -0.39 is 17.4 Å². The van der Waals surface area contributed by atoms with Crippen molar-refractivity contribution in [1.82, 2.24) is 28.6 Å². The summed E-state index contributed by atoms with van der Waals surface area (Å²) in [7, 11) is 1.91. The van der Waals surface area contributed by atoms with E-state index in [1.165, 1.54) is 16.8 Å². The van der Waals surface area contributed by atoms with Crippen molar-refractivity contribution < 1.29 is 13.2 Å². The molecule has 1 aromatic carbocycles. The van der Waals surface area contributed by atoms with Gasteiger partial charge in [-0.05, 0) is 67.5 Å². The highest BCUT2D eigenvalue weighted by Crippen LogP contribution is 2.48. The molecule has 0 unspecified atom stereocenters. The number of likely N-dealkylation sites (tertiary alicyclic amines) is 1. The lowest BCUT2D eigenvalue weighted by atomic mass is 9.63. The summed E-state index contributed by atoms with van der Waals surface area (Å²) < 4.78 is 47.0. The molecule has 3 aromatic heterocycles. The zero-order chi connectivity index (χ0) is 26.7. The number of nitrogens with zero attached hydrogens (tertiary/aromatic N) is 6. The molecule has 4 heterocycles. The van der Waals surface area contributed by atoms with Crippen molar-refractivity contribution >= 4 is 5.52 Å². The number of hydrogen-bond acceptors (Lipinski definition) is 4. The summed E-state index contributed by atoms with van der Waals surface area (Å²) in [4.78, 5) is 15.7. The summed E-state index contributed by atoms with van der Waals surface area (Å²) in [6, 6.07) is 8.71. The lowest BCUT2D eigenvalue weighted by Gasteiger charge is -2.41. The third kappa shape index (κ3) is 4.15. The van der Waals surface area contributed by atoms with Crippen LogP contribution in [-0.2, 0) is 25.2 Å². The normalized spacial score (nSPS) is 20.1. The van der Waals surface area contributed by atoms with Crippen molar-refractivity contribution in [3.8, 4) is 5.69 Å². The third-order valence-corrected chi connectivity index (χ3v) is 8.30. The molecule has 0 radical (unpaired) electrons. The Kier molecular flexibility index (Phi) is 5.97. The maximum atomic E-state index is 14.2. The maximum Gasteiger partial charge on any atom is 0.418 e. The first kappa shape index (κ1) is 24.9. The Hall–Kier alpha value is -3.40. The maximum absolute atomic E-state index is 14.2. The van der Waals surface area contributed by atoms with Gasteiger partial charge in [-0.1, -0.05) is 25.5 Å². The fourth-order valence-corrected chi connectivity index (χ4v) is 6.27. The molecule has 0 N–H and O–H groups in total. The summed E-state index contributed by atoms with van der Waals surface area (Å²) in [5.74, 6) is 1.36. The van der Waals surface area contributed by atoms with Gasteiger partial charge in [0.15, 0.2) is 0 Å². The van der Waals surface area contributed by atoms with Crippen molar-refractivity contribution in [2.75, 3.05) is 13.1 Å². The topological polar surface area (TPSA) is 60.4 Å². The van der Waals surface area contributed by atoms with Crippen LogP contribution in [0.25, 0.3) is 11.2 Å². The molecule has 1 atom stereocenters. The Morgan fingerprint density at radius 3 is 2.61 bits per heavy atom. The van der Waals surface area contributed by atoms with Crippen LogP contribution in [0.15, 0.2) is 53.8 Å². The second kappa shape index (κ2) is 9.11. The highest BCUT2D eigenvalue weighted by molar-refractivity contribution is 5.58. The van der Waals surface area contributed by atoms with Crippen molar-refractivity contribution in [3.05, 3.63) is 82.1 Å². The lowest BCUT2D eigenvalue weighted by Crippen LogP contribution is -2.38. The number of hydrogen-bond donors (Lipinski definition) is 0. The lowest BCUT2D eigenvalue weighted by molar-refractivity contribution is -0.136. The zero-order valence-corrected chi connectivity index (χ0v) is 21.6. The number of pyridine rings is 1. The van der Waals surface area contributed by atoms with Gasteiger partial charge in [0, 0.05) is 32.5 Å². The van der Waals surface area contributed by atoms with Gasteiger partial charge in [0.1, 0.15) is 12.2 Å². The van der Waals surface area contributed by atoms with Gasteiger partial charge < -0.3 is 4.57 Å². The van der Waals surface area contributed by atoms with Gasteiger partial charge in [-0.3, -0.25) is 13.9 Å². The van der Waals surface area contributed by atoms with Gasteiger partial charge in [0.2, 0.25) is 0 Å². The van der Waals surface area contributed by atoms with Gasteiger partial charge in [-0.15, -0.1) is 10.2 Å². The molecule has 200 valence electrons. The molecular weight excluding hydrogens is 493 g/mol. The molecule has 1 saturated heterocycles. The molecule has 0 spiro atoms. The number of imidazole rings is 1. The van der Waals surface area contributed by atoms with Crippen LogP contribution in [0, 0.1) is 5.92 Å².